The molecule has 0 fully saturated rings. The molecular weight excluding hydrogens is 285 g/mol. The number of nitrogens with zero attached hydrogens (tertiary/aromatic N) is 2. The number of halogens is 1. The molecule has 0 aliphatic rings. The highest BCUT2D eigenvalue weighted by Crippen LogP contribution is 2.23. The van der Waals surface area contributed by atoms with Gasteiger partial charge >= 0.3 is 0 Å². The second-order valence-corrected chi connectivity index (χ2v) is 6.14. The lowest BCUT2D eigenvalue weighted by atomic mass is 10.3. The second kappa shape index (κ2) is 5.59. The zero-order valence-electron chi connectivity index (χ0n) is 11.0. The van der Waals surface area contributed by atoms with E-state index in [1.165, 1.54) is 32.5 Å². The summed E-state index contributed by atoms with van der Waals surface area (Å²) in [6.45, 7) is 0.0724. The van der Waals surface area contributed by atoms with E-state index in [1.54, 1.807) is 6.20 Å². The summed E-state index contributed by atoms with van der Waals surface area (Å²) in [4.78, 5) is 6.63. The van der Waals surface area contributed by atoms with Crippen molar-refractivity contribution in [2.24, 2.45) is 0 Å². The van der Waals surface area contributed by atoms with Crippen LogP contribution in [0.5, 0.6) is 5.75 Å². The Kier molecular flexibility index (Phi) is 4.05. The number of rotatable bonds is 5. The molecule has 0 aliphatic carbocycles. The van der Waals surface area contributed by atoms with E-state index in [2.05, 4.69) is 9.97 Å². The van der Waals surface area contributed by atoms with Crippen LogP contribution in [0.3, 0.4) is 0 Å². The second-order valence-electron chi connectivity index (χ2n) is 4.09. The maximum Gasteiger partial charge on any atom is 0.243 e. The SMILES string of the molecule is COc1ccc(S(=O)(=O)N(C)Cc2ncc[nH]2)cc1F. The molecule has 0 amide bonds. The molecule has 1 aromatic carbocycles. The molecule has 2 rings (SSSR count). The quantitative estimate of drug-likeness (QED) is 0.905. The van der Waals surface area contributed by atoms with Crippen molar-refractivity contribution in [2.45, 2.75) is 11.4 Å². The molecule has 8 heteroatoms. The first-order chi connectivity index (χ1) is 9.45. The smallest absolute Gasteiger partial charge is 0.243 e. The van der Waals surface area contributed by atoms with Crippen LogP contribution in [0.25, 0.3) is 0 Å². The zero-order valence-corrected chi connectivity index (χ0v) is 11.8. The molecule has 0 saturated carbocycles. The summed E-state index contributed by atoms with van der Waals surface area (Å²) in [5, 5.41) is 0. The van der Waals surface area contributed by atoms with Gasteiger partial charge in [0.1, 0.15) is 5.82 Å². The number of methoxy groups -OCH3 is 1. The van der Waals surface area contributed by atoms with Gasteiger partial charge in [0.05, 0.1) is 18.6 Å². The maximum absolute atomic E-state index is 13.6. The maximum atomic E-state index is 13.6. The van der Waals surface area contributed by atoms with E-state index < -0.39 is 15.8 Å². The van der Waals surface area contributed by atoms with Crippen LogP contribution in [0.15, 0.2) is 35.5 Å². The molecule has 0 spiro atoms. The Hall–Kier alpha value is -1.93. The Labute approximate surface area is 116 Å². The molecule has 1 aromatic heterocycles. The summed E-state index contributed by atoms with van der Waals surface area (Å²) < 4.78 is 44.0. The monoisotopic (exact) mass is 299 g/mol. The van der Waals surface area contributed by atoms with E-state index in [9.17, 15) is 12.8 Å². The predicted octanol–water partition coefficient (Wildman–Crippen LogP) is 1.38. The van der Waals surface area contributed by atoms with Crippen LogP contribution in [0.1, 0.15) is 5.82 Å². The van der Waals surface area contributed by atoms with Gasteiger partial charge < -0.3 is 9.72 Å². The summed E-state index contributed by atoms with van der Waals surface area (Å²) in [7, 11) is -1.07. The van der Waals surface area contributed by atoms with Gasteiger partial charge in [-0.3, -0.25) is 0 Å². The van der Waals surface area contributed by atoms with Gasteiger partial charge in [0.2, 0.25) is 10.0 Å². The highest BCUT2D eigenvalue weighted by atomic mass is 32.2. The van der Waals surface area contributed by atoms with E-state index in [0.717, 1.165) is 10.4 Å². The van der Waals surface area contributed by atoms with Gasteiger partial charge in [-0.25, -0.2) is 17.8 Å². The number of hydrogen-bond donors (Lipinski definition) is 1. The van der Waals surface area contributed by atoms with Gasteiger partial charge in [-0.2, -0.15) is 4.31 Å². The molecule has 2 aromatic rings. The summed E-state index contributed by atoms with van der Waals surface area (Å²) in [6, 6.07) is 3.52. The van der Waals surface area contributed by atoms with Crippen molar-refractivity contribution in [3.8, 4) is 5.75 Å². The third-order valence-electron chi connectivity index (χ3n) is 2.76. The first-order valence-corrected chi connectivity index (χ1v) is 7.17. The van der Waals surface area contributed by atoms with Crippen LogP contribution in [0.2, 0.25) is 0 Å². The average molecular weight is 299 g/mol. The van der Waals surface area contributed by atoms with Gasteiger partial charge in [-0.05, 0) is 18.2 Å². The fourth-order valence-corrected chi connectivity index (χ4v) is 2.81. The zero-order chi connectivity index (χ0) is 14.8. The van der Waals surface area contributed by atoms with Crippen LogP contribution in [-0.4, -0.2) is 36.8 Å². The van der Waals surface area contributed by atoms with E-state index in [4.69, 9.17) is 4.74 Å². The third-order valence-corrected chi connectivity index (χ3v) is 4.56. The van der Waals surface area contributed by atoms with Crippen molar-refractivity contribution >= 4 is 10.0 Å². The fraction of sp³-hybridized carbons (Fsp3) is 0.250. The van der Waals surface area contributed by atoms with E-state index in [-0.39, 0.29) is 17.2 Å². The topological polar surface area (TPSA) is 75.3 Å². The molecule has 0 saturated heterocycles. The van der Waals surface area contributed by atoms with Gasteiger partial charge in [0, 0.05) is 19.4 Å². The number of aromatic amines is 1. The molecule has 20 heavy (non-hydrogen) atoms. The number of hydrogen-bond acceptors (Lipinski definition) is 4. The Morgan fingerprint density at radius 2 is 2.20 bits per heavy atom. The van der Waals surface area contributed by atoms with Crippen LogP contribution in [0.4, 0.5) is 4.39 Å². The van der Waals surface area contributed by atoms with Crippen LogP contribution in [0, 0.1) is 5.82 Å². The minimum absolute atomic E-state index is 0.00219. The standard InChI is InChI=1S/C12H14FN3O3S/c1-16(8-12-14-5-6-15-12)20(17,18)9-3-4-11(19-2)10(13)7-9/h3-7H,8H2,1-2H3,(H,14,15). The fourth-order valence-electron chi connectivity index (χ4n) is 1.67. The van der Waals surface area contributed by atoms with Crippen molar-refractivity contribution in [3.63, 3.8) is 0 Å². The number of sulfonamides is 1. The summed E-state index contributed by atoms with van der Waals surface area (Å²) in [5.41, 5.74) is 0. The Balaban J connectivity index is 2.27. The van der Waals surface area contributed by atoms with Crippen molar-refractivity contribution < 1.29 is 17.5 Å². The van der Waals surface area contributed by atoms with Gasteiger partial charge in [0.15, 0.2) is 11.6 Å². The number of benzene rings is 1. The molecule has 1 heterocycles. The van der Waals surface area contributed by atoms with Crippen LogP contribution in [-0.2, 0) is 16.6 Å². The van der Waals surface area contributed by atoms with Crippen molar-refractivity contribution in [1.29, 1.82) is 0 Å². The van der Waals surface area contributed by atoms with Crippen LogP contribution < -0.4 is 4.74 Å². The number of aromatic nitrogens is 2. The third kappa shape index (κ3) is 2.81. The molecule has 6 nitrogen and oxygen atoms in total. The molecule has 1 N–H and O–H groups in total. The van der Waals surface area contributed by atoms with Crippen molar-refractivity contribution in [1.82, 2.24) is 14.3 Å². The first kappa shape index (κ1) is 14.5. The lowest BCUT2D eigenvalue weighted by Crippen LogP contribution is -2.27. The lowest BCUT2D eigenvalue weighted by Gasteiger charge is -2.16. The van der Waals surface area contributed by atoms with Crippen molar-refractivity contribution in [2.75, 3.05) is 14.2 Å². The van der Waals surface area contributed by atoms with E-state index >= 15 is 0 Å². The number of ether oxygens (including phenoxy) is 1. The molecule has 0 radical (unpaired) electrons. The summed E-state index contributed by atoms with van der Waals surface area (Å²) in [5.74, 6) is -0.220. The van der Waals surface area contributed by atoms with E-state index in [1.807, 2.05) is 0 Å². The Bertz CT molecular complexity index is 686. The molecule has 0 aliphatic heterocycles. The normalized spacial score (nSPS) is 11.8. The molecule has 0 unspecified atom stereocenters. The Morgan fingerprint density at radius 1 is 1.45 bits per heavy atom. The highest BCUT2D eigenvalue weighted by molar-refractivity contribution is 7.89. The van der Waals surface area contributed by atoms with Gasteiger partial charge in [0.25, 0.3) is 0 Å². The summed E-state index contributed by atoms with van der Waals surface area (Å²) >= 11 is 0. The molecule has 108 valence electrons. The minimum Gasteiger partial charge on any atom is -0.494 e. The van der Waals surface area contributed by atoms with E-state index in [0.29, 0.717) is 5.82 Å². The molecule has 0 bridgehead atoms. The van der Waals surface area contributed by atoms with Crippen LogP contribution >= 0.6 is 0 Å². The average Bonchev–Trinajstić information content (AvgIpc) is 2.91. The lowest BCUT2D eigenvalue weighted by molar-refractivity contribution is 0.385. The highest BCUT2D eigenvalue weighted by Gasteiger charge is 2.23. The summed E-state index contributed by atoms with van der Waals surface area (Å²) in [6.07, 6.45) is 3.13. The number of imidazole rings is 1. The number of nitrogens with one attached hydrogen (secondary N) is 1. The Morgan fingerprint density at radius 3 is 2.75 bits per heavy atom. The number of H-pyrrole nitrogens is 1. The molecule has 0 atom stereocenters. The van der Waals surface area contributed by atoms with Crippen molar-refractivity contribution in [3.05, 3.63) is 42.2 Å². The predicted molar refractivity (Wildman–Crippen MR) is 70.2 cm³/mol. The first-order valence-electron chi connectivity index (χ1n) is 5.73. The molecular formula is C12H14FN3O3S. The van der Waals surface area contributed by atoms with Gasteiger partial charge in [-0.15, -0.1) is 0 Å². The minimum atomic E-state index is -3.78. The van der Waals surface area contributed by atoms with Gasteiger partial charge in [-0.1, -0.05) is 0 Å². The largest absolute Gasteiger partial charge is 0.494 e.